The van der Waals surface area contributed by atoms with Crippen molar-refractivity contribution in [2.45, 2.75) is 193 Å². The second kappa shape index (κ2) is 28.1. The molecule has 0 spiro atoms. The Balaban J connectivity index is 0.949. The van der Waals surface area contributed by atoms with E-state index in [2.05, 4.69) is 18.7 Å². The van der Waals surface area contributed by atoms with Crippen molar-refractivity contribution >= 4 is 12.1 Å². The fourth-order valence-electron chi connectivity index (χ4n) is 11.3. The highest BCUT2D eigenvalue weighted by atomic mass is 16.7. The third kappa shape index (κ3) is 17.0. The van der Waals surface area contributed by atoms with Crippen molar-refractivity contribution in [3.05, 3.63) is 0 Å². The minimum Gasteiger partial charge on any atom is -0.466 e. The summed E-state index contributed by atoms with van der Waals surface area (Å²) in [7, 11) is 0. The molecule has 3 unspecified atom stereocenters. The molecule has 3 atom stereocenters. The van der Waals surface area contributed by atoms with Crippen molar-refractivity contribution in [1.82, 2.24) is 4.90 Å². The van der Waals surface area contributed by atoms with Crippen molar-refractivity contribution in [2.75, 3.05) is 59.3 Å². The number of hydrogen-bond acceptors (Lipinski definition) is 9. The van der Waals surface area contributed by atoms with E-state index in [4.69, 9.17) is 23.7 Å². The zero-order valence-electron chi connectivity index (χ0n) is 36.2. The van der Waals surface area contributed by atoms with Crippen LogP contribution in [0.15, 0.2) is 0 Å². The lowest BCUT2D eigenvalue weighted by molar-refractivity contribution is -0.159. The lowest BCUT2D eigenvalue weighted by atomic mass is 9.61. The number of aliphatic hydroxyl groups excluding tert-OH is 1. The van der Waals surface area contributed by atoms with Crippen molar-refractivity contribution in [1.29, 1.82) is 0 Å². The maximum absolute atomic E-state index is 12.5. The van der Waals surface area contributed by atoms with Crippen molar-refractivity contribution in [3.63, 3.8) is 0 Å². The first-order valence-electron chi connectivity index (χ1n) is 24.0. The smallest absolute Gasteiger partial charge is 0.466 e. The predicted molar refractivity (Wildman–Crippen MR) is 223 cm³/mol. The molecule has 5 rings (SSSR count). The van der Waals surface area contributed by atoms with Gasteiger partial charge in [-0.05, 0) is 132 Å². The second-order valence-electron chi connectivity index (χ2n) is 18.3. The number of aliphatic hydroxyl groups is 1. The Bertz CT molecular complexity index is 1010. The summed E-state index contributed by atoms with van der Waals surface area (Å²) in [6.45, 7) is 9.95. The molecule has 326 valence electrons. The lowest BCUT2D eigenvalue weighted by Gasteiger charge is -2.45. The number of carbonyl (C=O) groups excluding carboxylic acids is 2. The molecular formula is C47H85NO8. The van der Waals surface area contributed by atoms with Crippen molar-refractivity contribution in [2.24, 2.45) is 35.0 Å². The fourth-order valence-corrected chi connectivity index (χ4v) is 11.3. The highest BCUT2D eigenvalue weighted by Gasteiger charge is 2.66. The van der Waals surface area contributed by atoms with Crippen LogP contribution in [0, 0.1) is 35.0 Å². The second-order valence-corrected chi connectivity index (χ2v) is 18.3. The number of esters is 1. The van der Waals surface area contributed by atoms with Crippen LogP contribution in [-0.4, -0.2) is 87.7 Å². The van der Waals surface area contributed by atoms with Gasteiger partial charge in [0.05, 0.1) is 32.8 Å². The molecular weight excluding hydrogens is 707 g/mol. The van der Waals surface area contributed by atoms with Gasteiger partial charge in [0.15, 0.2) is 6.29 Å². The molecule has 6 bridgehead atoms. The number of ether oxygens (including phenoxy) is 5. The maximum Gasteiger partial charge on any atom is 0.508 e. The molecule has 0 aromatic carbocycles. The molecule has 1 N–H and O–H groups in total. The Morgan fingerprint density at radius 1 is 0.625 bits per heavy atom. The molecule has 0 amide bonds. The largest absolute Gasteiger partial charge is 0.508 e. The maximum atomic E-state index is 12.5. The topological polar surface area (TPSA) is 104 Å². The normalized spacial score (nSPS) is 24.6. The monoisotopic (exact) mass is 792 g/mol. The van der Waals surface area contributed by atoms with E-state index in [1.165, 1.54) is 96.3 Å². The molecule has 5 fully saturated rings. The third-order valence-electron chi connectivity index (χ3n) is 13.9. The fraction of sp³-hybridized carbons (Fsp3) is 0.957. The molecule has 0 aromatic heterocycles. The zero-order chi connectivity index (χ0) is 39.7. The SMILES string of the molecule is CCCCCCCCOC(CCC(=O)OCCCCCCN(CCO)CCCCCOC(=O)OCCC12CC3CC4CC(C1)C3C2C4)OCCCCCCCC. The minimum atomic E-state index is -0.501. The van der Waals surface area contributed by atoms with Gasteiger partial charge in [-0.1, -0.05) is 90.9 Å². The van der Waals surface area contributed by atoms with E-state index in [1.807, 2.05) is 0 Å². The van der Waals surface area contributed by atoms with E-state index in [0.29, 0.717) is 57.8 Å². The van der Waals surface area contributed by atoms with E-state index in [9.17, 15) is 14.7 Å². The molecule has 9 nitrogen and oxygen atoms in total. The third-order valence-corrected chi connectivity index (χ3v) is 13.9. The Kier molecular flexibility index (Phi) is 23.7. The van der Waals surface area contributed by atoms with Crippen LogP contribution in [0.25, 0.3) is 0 Å². The molecule has 9 heteroatoms. The van der Waals surface area contributed by atoms with E-state index >= 15 is 0 Å². The van der Waals surface area contributed by atoms with E-state index in [0.717, 1.165) is 107 Å². The molecule has 0 aromatic rings. The molecule has 5 aliphatic carbocycles. The number of carbonyl (C=O) groups is 2. The van der Waals surface area contributed by atoms with Crippen LogP contribution in [-0.2, 0) is 28.5 Å². The van der Waals surface area contributed by atoms with Gasteiger partial charge in [0.25, 0.3) is 0 Å². The molecule has 0 radical (unpaired) electrons. The number of unbranched alkanes of at least 4 members (excludes halogenated alkanes) is 15. The van der Waals surface area contributed by atoms with Gasteiger partial charge in [0.2, 0.25) is 0 Å². The van der Waals surface area contributed by atoms with Crippen LogP contribution in [0.2, 0.25) is 0 Å². The van der Waals surface area contributed by atoms with Crippen LogP contribution in [0.5, 0.6) is 0 Å². The summed E-state index contributed by atoms with van der Waals surface area (Å²) in [6.07, 6.45) is 29.7. The first-order chi connectivity index (χ1) is 27.5. The summed E-state index contributed by atoms with van der Waals surface area (Å²) in [5.74, 6) is 4.63. The number of rotatable bonds is 37. The Hall–Kier alpha value is -1.42. The van der Waals surface area contributed by atoms with Gasteiger partial charge in [0, 0.05) is 26.2 Å². The van der Waals surface area contributed by atoms with Crippen LogP contribution in [0.1, 0.15) is 187 Å². The minimum absolute atomic E-state index is 0.157. The van der Waals surface area contributed by atoms with E-state index in [-0.39, 0.29) is 18.9 Å². The summed E-state index contributed by atoms with van der Waals surface area (Å²) in [5, 5.41) is 9.58. The van der Waals surface area contributed by atoms with Gasteiger partial charge in [0.1, 0.15) is 0 Å². The number of hydrogen-bond donors (Lipinski definition) is 1. The van der Waals surface area contributed by atoms with Crippen LogP contribution < -0.4 is 0 Å². The van der Waals surface area contributed by atoms with Crippen molar-refractivity contribution < 1.29 is 38.4 Å². The van der Waals surface area contributed by atoms with Crippen molar-refractivity contribution in [3.8, 4) is 0 Å². The molecule has 0 saturated heterocycles. The Morgan fingerprint density at radius 2 is 1.14 bits per heavy atom. The summed E-state index contributed by atoms with van der Waals surface area (Å²) in [5.41, 5.74) is 0.455. The molecule has 5 aliphatic rings. The van der Waals surface area contributed by atoms with Gasteiger partial charge in [-0.15, -0.1) is 0 Å². The van der Waals surface area contributed by atoms with Gasteiger partial charge in [-0.25, -0.2) is 4.79 Å². The first-order valence-corrected chi connectivity index (χ1v) is 24.0. The highest BCUT2D eigenvalue weighted by molar-refractivity contribution is 5.69. The Morgan fingerprint density at radius 3 is 1.73 bits per heavy atom. The summed E-state index contributed by atoms with van der Waals surface area (Å²) < 4.78 is 28.7. The van der Waals surface area contributed by atoms with Gasteiger partial charge >= 0.3 is 12.1 Å². The average molecular weight is 792 g/mol. The van der Waals surface area contributed by atoms with Crippen LogP contribution in [0.3, 0.4) is 0 Å². The summed E-state index contributed by atoms with van der Waals surface area (Å²) in [4.78, 5) is 27.1. The van der Waals surface area contributed by atoms with E-state index < -0.39 is 6.16 Å². The summed E-state index contributed by atoms with van der Waals surface area (Å²) >= 11 is 0. The molecule has 5 saturated carbocycles. The van der Waals surface area contributed by atoms with E-state index in [1.54, 1.807) is 0 Å². The van der Waals surface area contributed by atoms with Gasteiger partial charge in [-0.3, -0.25) is 4.79 Å². The van der Waals surface area contributed by atoms with Crippen LogP contribution in [0.4, 0.5) is 4.79 Å². The van der Waals surface area contributed by atoms with Gasteiger partial charge < -0.3 is 33.7 Å². The zero-order valence-corrected chi connectivity index (χ0v) is 36.2. The first kappa shape index (κ1) is 47.3. The summed E-state index contributed by atoms with van der Waals surface area (Å²) in [6, 6.07) is 0. The van der Waals surface area contributed by atoms with Crippen LogP contribution >= 0.6 is 0 Å². The number of nitrogens with zero attached hydrogens (tertiary/aromatic N) is 1. The lowest BCUT2D eigenvalue weighted by Crippen LogP contribution is -2.36. The Labute approximate surface area is 342 Å². The quantitative estimate of drug-likeness (QED) is 0.0374. The highest BCUT2D eigenvalue weighted by Crippen LogP contribution is 2.74. The standard InChI is InChI=1S/C47H85NO8/c1-3-5-7-9-12-19-30-53-44(54-31-20-13-10-8-6-4-2)23-22-43(50)52-29-18-14-11-16-25-48(27-28-49)26-17-15-21-32-55-46(51)56-33-24-47-37-40-34-39-35-41(38-47)45(40)42(47)36-39/h39-42,44-45,49H,3-38H2,1-2H3. The predicted octanol–water partition coefficient (Wildman–Crippen LogP) is 11.0. The molecule has 0 aliphatic heterocycles. The average Bonchev–Trinajstić information content (AvgIpc) is 3.55. The molecule has 56 heavy (non-hydrogen) atoms. The van der Waals surface area contributed by atoms with Gasteiger partial charge in [-0.2, -0.15) is 0 Å². The molecule has 0 heterocycles.